The van der Waals surface area contributed by atoms with Crippen molar-refractivity contribution >= 4 is 0 Å². The maximum Gasteiger partial charge on any atom is 0.0963 e. The summed E-state index contributed by atoms with van der Waals surface area (Å²) < 4.78 is 6.19. The van der Waals surface area contributed by atoms with Gasteiger partial charge in [-0.15, -0.1) is 0 Å². The Kier molecular flexibility index (Phi) is 14.1. The molecule has 0 radical (unpaired) electrons. The van der Waals surface area contributed by atoms with E-state index in [9.17, 15) is 0 Å². The summed E-state index contributed by atoms with van der Waals surface area (Å²) in [7, 11) is 0. The standard InChI is InChI=1S/C29H44O.C2H6/c1-22(2)7-9-24(5)10-12-26-13-15-27(16-14-26)21-30-29-19-17-28(18-20-29)25(6)11-8-23(3)4;1-2/h7-12,17,19,22,24,26-27H,13-16,18,20-21H2,1-6H3;1-2H3/b9-7-,12-10+,25-11+;. The first kappa shape index (κ1) is 28.3. The second-order valence-electron chi connectivity index (χ2n) is 9.88. The van der Waals surface area contributed by atoms with Gasteiger partial charge in [-0.1, -0.05) is 82.7 Å². The van der Waals surface area contributed by atoms with Crippen molar-refractivity contribution < 1.29 is 4.74 Å². The summed E-state index contributed by atoms with van der Waals surface area (Å²) in [6.07, 6.45) is 25.7. The van der Waals surface area contributed by atoms with Crippen LogP contribution in [0.25, 0.3) is 0 Å². The molecule has 2 rings (SSSR count). The quantitative estimate of drug-likeness (QED) is 0.257. The van der Waals surface area contributed by atoms with Gasteiger partial charge in [-0.25, -0.2) is 0 Å². The molecule has 0 aromatic carbocycles. The highest BCUT2D eigenvalue weighted by Gasteiger charge is 2.20. The van der Waals surface area contributed by atoms with Crippen LogP contribution < -0.4 is 0 Å². The molecule has 0 spiro atoms. The fraction of sp³-hybridized carbons (Fsp3) is 0.613. The Balaban J connectivity index is 0.00000249. The smallest absolute Gasteiger partial charge is 0.0963 e. The summed E-state index contributed by atoms with van der Waals surface area (Å²) in [5.74, 6) is 3.83. The van der Waals surface area contributed by atoms with Gasteiger partial charge in [-0.05, 0) is 93.8 Å². The van der Waals surface area contributed by atoms with Gasteiger partial charge in [0, 0.05) is 6.42 Å². The molecular formula is C31H50O. The lowest BCUT2D eigenvalue weighted by Gasteiger charge is -2.27. The van der Waals surface area contributed by atoms with Crippen LogP contribution in [0.2, 0.25) is 0 Å². The van der Waals surface area contributed by atoms with Gasteiger partial charge < -0.3 is 4.74 Å². The first-order valence-corrected chi connectivity index (χ1v) is 13.0. The normalized spacial score (nSPS) is 22.8. The molecular weight excluding hydrogens is 388 g/mol. The molecule has 0 aromatic heterocycles. The molecule has 0 aliphatic heterocycles. The van der Waals surface area contributed by atoms with Crippen LogP contribution in [0.3, 0.4) is 0 Å². The Labute approximate surface area is 200 Å². The molecule has 0 aromatic rings. The van der Waals surface area contributed by atoms with Crippen molar-refractivity contribution in [2.45, 2.75) is 93.9 Å². The SMILES string of the molecule is CC.CC(C)=C/C=C(\C)C1=CC=C(OCC2CCC(/C=C/C(C)/C=C\C(C)C)CC2)CC1. The van der Waals surface area contributed by atoms with Gasteiger partial charge in [-0.3, -0.25) is 0 Å². The van der Waals surface area contributed by atoms with Crippen molar-refractivity contribution in [3.63, 3.8) is 0 Å². The van der Waals surface area contributed by atoms with Crippen molar-refractivity contribution in [2.24, 2.45) is 23.7 Å². The van der Waals surface area contributed by atoms with Crippen molar-refractivity contribution in [3.8, 4) is 0 Å². The molecule has 1 saturated carbocycles. The third-order valence-electron chi connectivity index (χ3n) is 6.17. The molecule has 0 N–H and O–H groups in total. The van der Waals surface area contributed by atoms with E-state index in [-0.39, 0.29) is 0 Å². The van der Waals surface area contributed by atoms with E-state index in [2.05, 4.69) is 90.2 Å². The minimum atomic E-state index is 0.546. The molecule has 1 atom stereocenters. The molecule has 2 aliphatic carbocycles. The molecule has 0 amide bonds. The maximum absolute atomic E-state index is 6.19. The van der Waals surface area contributed by atoms with Crippen molar-refractivity contribution in [1.29, 1.82) is 0 Å². The van der Waals surface area contributed by atoms with Crippen molar-refractivity contribution in [2.75, 3.05) is 6.61 Å². The lowest BCUT2D eigenvalue weighted by atomic mass is 9.82. The molecule has 0 saturated heterocycles. The fourth-order valence-electron chi connectivity index (χ4n) is 4.03. The third kappa shape index (κ3) is 11.7. The van der Waals surface area contributed by atoms with Crippen LogP contribution in [0.4, 0.5) is 0 Å². The Morgan fingerprint density at radius 3 is 2.16 bits per heavy atom. The maximum atomic E-state index is 6.19. The zero-order chi connectivity index (χ0) is 23.9. The highest BCUT2D eigenvalue weighted by atomic mass is 16.5. The summed E-state index contributed by atoms with van der Waals surface area (Å²) in [5.41, 5.74) is 4.14. The largest absolute Gasteiger partial charge is 0.498 e. The summed E-state index contributed by atoms with van der Waals surface area (Å²) in [6.45, 7) is 18.1. The summed E-state index contributed by atoms with van der Waals surface area (Å²) >= 11 is 0. The Bertz CT molecular complexity index is 699. The van der Waals surface area contributed by atoms with Gasteiger partial charge in [-0.2, -0.15) is 0 Å². The molecule has 0 bridgehead atoms. The molecule has 32 heavy (non-hydrogen) atoms. The second-order valence-corrected chi connectivity index (χ2v) is 9.88. The Morgan fingerprint density at radius 2 is 1.59 bits per heavy atom. The zero-order valence-corrected chi connectivity index (χ0v) is 22.3. The molecule has 180 valence electrons. The first-order valence-electron chi connectivity index (χ1n) is 13.0. The third-order valence-corrected chi connectivity index (χ3v) is 6.17. The molecule has 1 unspecified atom stereocenters. The van der Waals surface area contributed by atoms with Crippen LogP contribution in [0, 0.1) is 23.7 Å². The minimum absolute atomic E-state index is 0.546. The number of allylic oxidation sites excluding steroid dienone is 12. The van der Waals surface area contributed by atoms with Gasteiger partial charge in [0.05, 0.1) is 12.4 Å². The number of hydrogen-bond acceptors (Lipinski definition) is 1. The second kappa shape index (κ2) is 15.9. The number of hydrogen-bond donors (Lipinski definition) is 0. The summed E-state index contributed by atoms with van der Waals surface area (Å²) in [5, 5.41) is 0. The molecule has 1 nitrogen and oxygen atoms in total. The molecule has 0 heterocycles. The van der Waals surface area contributed by atoms with Gasteiger partial charge in [0.25, 0.3) is 0 Å². The number of rotatable bonds is 9. The van der Waals surface area contributed by atoms with E-state index in [0.29, 0.717) is 11.8 Å². The molecule has 2 aliphatic rings. The van der Waals surface area contributed by atoms with Gasteiger partial charge >= 0.3 is 0 Å². The van der Waals surface area contributed by atoms with Gasteiger partial charge in [0.15, 0.2) is 0 Å². The van der Waals surface area contributed by atoms with Crippen LogP contribution in [-0.2, 0) is 4.74 Å². The van der Waals surface area contributed by atoms with Crippen LogP contribution in [0.15, 0.2) is 71.1 Å². The predicted molar refractivity (Wildman–Crippen MR) is 144 cm³/mol. The van der Waals surface area contributed by atoms with Crippen LogP contribution >= 0.6 is 0 Å². The number of ether oxygens (including phenoxy) is 1. The van der Waals surface area contributed by atoms with E-state index in [1.165, 1.54) is 48.2 Å². The van der Waals surface area contributed by atoms with Crippen molar-refractivity contribution in [3.05, 3.63) is 71.1 Å². The van der Waals surface area contributed by atoms with Crippen LogP contribution in [0.5, 0.6) is 0 Å². The zero-order valence-electron chi connectivity index (χ0n) is 22.3. The van der Waals surface area contributed by atoms with E-state index >= 15 is 0 Å². The lowest BCUT2D eigenvalue weighted by molar-refractivity contribution is 0.128. The van der Waals surface area contributed by atoms with Gasteiger partial charge in [0.1, 0.15) is 0 Å². The van der Waals surface area contributed by atoms with E-state index in [4.69, 9.17) is 4.74 Å². The van der Waals surface area contributed by atoms with E-state index in [1.807, 2.05) is 13.8 Å². The average Bonchev–Trinajstić information content (AvgIpc) is 2.80. The van der Waals surface area contributed by atoms with E-state index in [1.54, 1.807) is 0 Å². The topological polar surface area (TPSA) is 9.23 Å². The van der Waals surface area contributed by atoms with Gasteiger partial charge in [0.2, 0.25) is 0 Å². The minimum Gasteiger partial charge on any atom is -0.498 e. The molecule has 1 heteroatoms. The monoisotopic (exact) mass is 438 g/mol. The predicted octanol–water partition coefficient (Wildman–Crippen LogP) is 9.76. The first-order chi connectivity index (χ1) is 15.3. The highest BCUT2D eigenvalue weighted by Crippen LogP contribution is 2.31. The summed E-state index contributed by atoms with van der Waals surface area (Å²) in [4.78, 5) is 0. The van der Waals surface area contributed by atoms with Crippen molar-refractivity contribution in [1.82, 2.24) is 0 Å². The van der Waals surface area contributed by atoms with Crippen LogP contribution in [0.1, 0.15) is 93.9 Å². The Morgan fingerprint density at radius 1 is 0.906 bits per heavy atom. The van der Waals surface area contributed by atoms with E-state index < -0.39 is 0 Å². The molecule has 1 fully saturated rings. The highest BCUT2D eigenvalue weighted by molar-refractivity contribution is 5.38. The lowest BCUT2D eigenvalue weighted by Crippen LogP contribution is -2.18. The average molecular weight is 439 g/mol. The Hall–Kier alpha value is -1.76. The summed E-state index contributed by atoms with van der Waals surface area (Å²) in [6, 6.07) is 0. The fourth-order valence-corrected chi connectivity index (χ4v) is 4.03. The van der Waals surface area contributed by atoms with Crippen LogP contribution in [-0.4, -0.2) is 6.61 Å². The van der Waals surface area contributed by atoms with E-state index in [0.717, 1.165) is 31.3 Å².